The Morgan fingerprint density at radius 2 is 2.04 bits per heavy atom. The topological polar surface area (TPSA) is 66.9 Å². The van der Waals surface area contributed by atoms with Gasteiger partial charge in [0.2, 0.25) is 5.91 Å². The van der Waals surface area contributed by atoms with E-state index in [1.807, 2.05) is 12.1 Å². The largest absolute Gasteiger partial charge is 0.360 e. The molecule has 0 aliphatic rings. The number of hydrogen-bond donors (Lipinski definition) is 2. The molecule has 7 heteroatoms. The standard InChI is InChI=1S/C17H17ClN4OS/c1-2-13-7-14-16(21-10-22-17(14)24-13)20-9-15(23)19-8-11-3-5-12(18)6-4-11/h3-7,10H,2,8-9H2,1H3,(H,19,23)(H,20,21,22). The van der Waals surface area contributed by atoms with Crippen molar-refractivity contribution in [2.24, 2.45) is 0 Å². The van der Waals surface area contributed by atoms with Crippen LogP contribution >= 0.6 is 22.9 Å². The van der Waals surface area contributed by atoms with Crippen molar-refractivity contribution < 1.29 is 4.79 Å². The van der Waals surface area contributed by atoms with Crippen LogP contribution in [-0.2, 0) is 17.8 Å². The highest BCUT2D eigenvalue weighted by atomic mass is 35.5. The second kappa shape index (κ2) is 7.59. The number of rotatable bonds is 6. The number of anilines is 1. The molecule has 3 rings (SSSR count). The van der Waals surface area contributed by atoms with E-state index >= 15 is 0 Å². The van der Waals surface area contributed by atoms with Crippen LogP contribution in [0.2, 0.25) is 5.02 Å². The second-order valence-electron chi connectivity index (χ2n) is 5.26. The molecule has 0 unspecified atom stereocenters. The molecule has 3 aromatic rings. The molecule has 0 radical (unpaired) electrons. The minimum Gasteiger partial charge on any atom is -0.360 e. The quantitative estimate of drug-likeness (QED) is 0.704. The van der Waals surface area contributed by atoms with Gasteiger partial charge in [-0.1, -0.05) is 30.7 Å². The first-order valence-electron chi connectivity index (χ1n) is 7.64. The van der Waals surface area contributed by atoms with E-state index < -0.39 is 0 Å². The summed E-state index contributed by atoms with van der Waals surface area (Å²) in [4.78, 5) is 22.7. The van der Waals surface area contributed by atoms with E-state index in [0.29, 0.717) is 17.4 Å². The van der Waals surface area contributed by atoms with Crippen LogP contribution in [0.3, 0.4) is 0 Å². The van der Waals surface area contributed by atoms with Crippen molar-refractivity contribution in [2.75, 3.05) is 11.9 Å². The molecule has 124 valence electrons. The predicted octanol–water partition coefficient (Wildman–Crippen LogP) is 3.64. The summed E-state index contributed by atoms with van der Waals surface area (Å²) >= 11 is 7.50. The number of carbonyl (C=O) groups is 1. The number of aryl methyl sites for hydroxylation is 1. The van der Waals surface area contributed by atoms with E-state index in [4.69, 9.17) is 11.6 Å². The molecule has 2 heterocycles. The van der Waals surface area contributed by atoms with Crippen molar-refractivity contribution in [1.29, 1.82) is 0 Å². The number of nitrogens with one attached hydrogen (secondary N) is 2. The number of nitrogens with zero attached hydrogens (tertiary/aromatic N) is 2. The minimum atomic E-state index is -0.0948. The zero-order chi connectivity index (χ0) is 16.9. The Bertz CT molecular complexity index is 847. The molecule has 0 saturated carbocycles. The minimum absolute atomic E-state index is 0.0948. The van der Waals surface area contributed by atoms with Gasteiger partial charge in [0.1, 0.15) is 17.0 Å². The third-order valence-corrected chi connectivity index (χ3v) is 4.99. The van der Waals surface area contributed by atoms with Gasteiger partial charge in [-0.15, -0.1) is 11.3 Å². The fraction of sp³-hybridized carbons (Fsp3) is 0.235. The number of aromatic nitrogens is 2. The maximum atomic E-state index is 12.0. The first-order chi connectivity index (χ1) is 11.7. The zero-order valence-corrected chi connectivity index (χ0v) is 14.7. The number of halogens is 1. The van der Waals surface area contributed by atoms with Gasteiger partial charge in [0.15, 0.2) is 0 Å². The SMILES string of the molecule is CCc1cc2c(NCC(=O)NCc3ccc(Cl)cc3)ncnc2s1. The number of amides is 1. The van der Waals surface area contributed by atoms with Gasteiger partial charge in [0.25, 0.3) is 0 Å². The monoisotopic (exact) mass is 360 g/mol. The molecule has 0 saturated heterocycles. The molecule has 0 spiro atoms. The fourth-order valence-corrected chi connectivity index (χ4v) is 3.31. The number of fused-ring (bicyclic) bond motifs is 1. The van der Waals surface area contributed by atoms with Crippen LogP contribution in [0.4, 0.5) is 5.82 Å². The highest BCUT2D eigenvalue weighted by molar-refractivity contribution is 7.18. The molecule has 5 nitrogen and oxygen atoms in total. The van der Waals surface area contributed by atoms with Crippen molar-refractivity contribution in [3.63, 3.8) is 0 Å². The lowest BCUT2D eigenvalue weighted by molar-refractivity contribution is -0.119. The molecule has 2 N–H and O–H groups in total. The summed E-state index contributed by atoms with van der Waals surface area (Å²) in [6.07, 6.45) is 2.48. The molecule has 24 heavy (non-hydrogen) atoms. The summed E-state index contributed by atoms with van der Waals surface area (Å²) in [7, 11) is 0. The Labute approximate surface area is 149 Å². The van der Waals surface area contributed by atoms with Crippen molar-refractivity contribution in [3.05, 3.63) is 52.1 Å². The Hall–Kier alpha value is -2.18. The third-order valence-electron chi connectivity index (χ3n) is 3.55. The van der Waals surface area contributed by atoms with Crippen LogP contribution < -0.4 is 10.6 Å². The van der Waals surface area contributed by atoms with E-state index in [2.05, 4.69) is 33.6 Å². The summed E-state index contributed by atoms with van der Waals surface area (Å²) in [5, 5.41) is 7.61. The first kappa shape index (κ1) is 16.7. The molecule has 0 aliphatic heterocycles. The normalized spacial score (nSPS) is 10.8. The van der Waals surface area contributed by atoms with E-state index in [0.717, 1.165) is 22.2 Å². The van der Waals surface area contributed by atoms with Gasteiger partial charge in [-0.05, 0) is 30.2 Å². The van der Waals surface area contributed by atoms with Crippen LogP contribution in [0.5, 0.6) is 0 Å². The Morgan fingerprint density at radius 3 is 2.79 bits per heavy atom. The van der Waals surface area contributed by atoms with Crippen molar-refractivity contribution in [3.8, 4) is 0 Å². The molecule has 1 amide bonds. The van der Waals surface area contributed by atoms with Gasteiger partial charge in [-0.3, -0.25) is 4.79 Å². The van der Waals surface area contributed by atoms with Crippen molar-refractivity contribution in [1.82, 2.24) is 15.3 Å². The molecule has 1 aromatic carbocycles. The summed E-state index contributed by atoms with van der Waals surface area (Å²) in [5.74, 6) is 0.597. The Kier molecular flexibility index (Phi) is 5.27. The highest BCUT2D eigenvalue weighted by Gasteiger charge is 2.09. The van der Waals surface area contributed by atoms with E-state index in [1.165, 1.54) is 11.2 Å². The Balaban J connectivity index is 1.58. The lowest BCUT2D eigenvalue weighted by Crippen LogP contribution is -2.29. The smallest absolute Gasteiger partial charge is 0.239 e. The van der Waals surface area contributed by atoms with Gasteiger partial charge < -0.3 is 10.6 Å². The molecule has 2 aromatic heterocycles. The van der Waals surface area contributed by atoms with Gasteiger partial charge in [0.05, 0.1) is 11.9 Å². The molecule has 0 bridgehead atoms. The van der Waals surface area contributed by atoms with Gasteiger partial charge in [0, 0.05) is 16.4 Å². The van der Waals surface area contributed by atoms with Crippen LogP contribution in [-0.4, -0.2) is 22.4 Å². The summed E-state index contributed by atoms with van der Waals surface area (Å²) < 4.78 is 0. The van der Waals surface area contributed by atoms with Crippen molar-refractivity contribution >= 4 is 44.9 Å². The molecular weight excluding hydrogens is 344 g/mol. The average molecular weight is 361 g/mol. The first-order valence-corrected chi connectivity index (χ1v) is 8.83. The van der Waals surface area contributed by atoms with E-state index in [-0.39, 0.29) is 12.5 Å². The van der Waals surface area contributed by atoms with Crippen LogP contribution in [0, 0.1) is 0 Å². The Morgan fingerprint density at radius 1 is 1.25 bits per heavy atom. The fourth-order valence-electron chi connectivity index (χ4n) is 2.25. The summed E-state index contributed by atoms with van der Waals surface area (Å²) in [6, 6.07) is 9.47. The number of hydrogen-bond acceptors (Lipinski definition) is 5. The van der Waals surface area contributed by atoms with Crippen LogP contribution in [0.25, 0.3) is 10.2 Å². The predicted molar refractivity (Wildman–Crippen MR) is 98.6 cm³/mol. The number of carbonyl (C=O) groups excluding carboxylic acids is 1. The average Bonchev–Trinajstić information content (AvgIpc) is 3.03. The van der Waals surface area contributed by atoms with Crippen molar-refractivity contribution in [2.45, 2.75) is 19.9 Å². The van der Waals surface area contributed by atoms with E-state index in [9.17, 15) is 4.79 Å². The van der Waals surface area contributed by atoms with Gasteiger partial charge in [-0.25, -0.2) is 9.97 Å². The van der Waals surface area contributed by atoms with E-state index in [1.54, 1.807) is 23.5 Å². The lowest BCUT2D eigenvalue weighted by atomic mass is 10.2. The second-order valence-corrected chi connectivity index (χ2v) is 6.82. The summed E-state index contributed by atoms with van der Waals surface area (Å²) in [5.41, 5.74) is 1.00. The highest BCUT2D eigenvalue weighted by Crippen LogP contribution is 2.28. The maximum absolute atomic E-state index is 12.0. The molecule has 0 aliphatic carbocycles. The lowest BCUT2D eigenvalue weighted by Gasteiger charge is -2.08. The van der Waals surface area contributed by atoms with Crippen LogP contribution in [0.15, 0.2) is 36.7 Å². The van der Waals surface area contributed by atoms with Gasteiger partial charge >= 0.3 is 0 Å². The number of thiophene rings is 1. The zero-order valence-electron chi connectivity index (χ0n) is 13.2. The molecule has 0 atom stereocenters. The van der Waals surface area contributed by atoms with Crippen LogP contribution in [0.1, 0.15) is 17.4 Å². The van der Waals surface area contributed by atoms with Gasteiger partial charge in [-0.2, -0.15) is 0 Å². The molecule has 0 fully saturated rings. The number of benzene rings is 1. The molecular formula is C17H17ClN4OS. The summed E-state index contributed by atoms with van der Waals surface area (Å²) in [6.45, 7) is 2.74. The maximum Gasteiger partial charge on any atom is 0.239 e. The third kappa shape index (κ3) is 4.01.